The summed E-state index contributed by atoms with van der Waals surface area (Å²) in [6, 6.07) is 3.52. The summed E-state index contributed by atoms with van der Waals surface area (Å²) in [5.74, 6) is 0.0196. The van der Waals surface area contributed by atoms with Gasteiger partial charge in [0.2, 0.25) is 5.91 Å². The fourth-order valence-electron chi connectivity index (χ4n) is 3.61. The summed E-state index contributed by atoms with van der Waals surface area (Å²) in [6.45, 7) is 4.45. The van der Waals surface area contributed by atoms with Crippen LogP contribution in [0.1, 0.15) is 43.1 Å². The maximum Gasteiger partial charge on any atom is 0.283 e. The lowest BCUT2D eigenvalue weighted by molar-refractivity contribution is -0.134. The number of aromatic nitrogens is 3. The fourth-order valence-corrected chi connectivity index (χ4v) is 3.61. The van der Waals surface area contributed by atoms with Crippen molar-refractivity contribution in [2.24, 2.45) is 5.92 Å². The van der Waals surface area contributed by atoms with Gasteiger partial charge in [-0.15, -0.1) is 0 Å². The molecule has 2 fully saturated rings. The lowest BCUT2D eigenvalue weighted by atomic mass is 10.2. The van der Waals surface area contributed by atoms with Crippen LogP contribution in [0.2, 0.25) is 0 Å². The van der Waals surface area contributed by atoms with E-state index in [-0.39, 0.29) is 29.0 Å². The number of rotatable bonds is 5. The molecule has 2 aliphatic rings. The van der Waals surface area contributed by atoms with Crippen LogP contribution in [0.3, 0.4) is 0 Å². The second kappa shape index (κ2) is 7.69. The van der Waals surface area contributed by atoms with E-state index in [0.717, 1.165) is 25.7 Å². The highest BCUT2D eigenvalue weighted by Crippen LogP contribution is 2.31. The first-order chi connectivity index (χ1) is 13.6. The van der Waals surface area contributed by atoms with Gasteiger partial charge in [0.15, 0.2) is 11.3 Å². The van der Waals surface area contributed by atoms with E-state index >= 15 is 0 Å². The van der Waals surface area contributed by atoms with Crippen LogP contribution < -0.4 is 5.56 Å². The summed E-state index contributed by atoms with van der Waals surface area (Å²) in [5.41, 5.74) is 0.612. The van der Waals surface area contributed by atoms with Crippen LogP contribution in [0.4, 0.5) is 0 Å². The smallest absolute Gasteiger partial charge is 0.283 e. The van der Waals surface area contributed by atoms with Crippen LogP contribution in [0.15, 0.2) is 23.1 Å². The molecular weight excluding hydrogens is 358 g/mol. The Bertz CT molecular complexity index is 958. The number of hydrogen-bond donors (Lipinski definition) is 0. The summed E-state index contributed by atoms with van der Waals surface area (Å²) in [6.07, 6.45) is 5.34. The molecule has 1 saturated carbocycles. The molecule has 0 spiro atoms. The van der Waals surface area contributed by atoms with E-state index in [1.807, 2.05) is 4.90 Å². The molecule has 1 aliphatic carbocycles. The highest BCUT2D eigenvalue weighted by molar-refractivity contribution is 5.93. The average Bonchev–Trinajstić information content (AvgIpc) is 3.57. The van der Waals surface area contributed by atoms with Gasteiger partial charge in [0, 0.05) is 44.8 Å². The quantitative estimate of drug-likeness (QED) is 0.776. The van der Waals surface area contributed by atoms with Crippen molar-refractivity contribution in [3.63, 3.8) is 0 Å². The van der Waals surface area contributed by atoms with Crippen LogP contribution in [-0.2, 0) is 11.3 Å². The van der Waals surface area contributed by atoms with E-state index in [9.17, 15) is 14.4 Å². The molecular formula is C20H25N5O3. The molecule has 148 valence electrons. The van der Waals surface area contributed by atoms with Crippen molar-refractivity contribution in [2.45, 2.75) is 39.2 Å². The van der Waals surface area contributed by atoms with Gasteiger partial charge in [0.25, 0.3) is 11.5 Å². The molecule has 0 radical (unpaired) electrons. The molecule has 8 nitrogen and oxygen atoms in total. The van der Waals surface area contributed by atoms with Gasteiger partial charge in [-0.25, -0.2) is 9.97 Å². The number of hydrogen-bond acceptors (Lipinski definition) is 5. The first-order valence-corrected chi connectivity index (χ1v) is 10.0. The monoisotopic (exact) mass is 383 g/mol. The molecule has 2 aromatic heterocycles. The number of aryl methyl sites for hydroxylation is 1. The van der Waals surface area contributed by atoms with Gasteiger partial charge in [-0.05, 0) is 31.4 Å². The number of amides is 2. The molecule has 2 aromatic rings. The van der Waals surface area contributed by atoms with Crippen molar-refractivity contribution in [1.82, 2.24) is 24.3 Å². The maximum absolute atomic E-state index is 13.0. The van der Waals surface area contributed by atoms with Crippen LogP contribution >= 0.6 is 0 Å². The Balaban J connectivity index is 1.58. The summed E-state index contributed by atoms with van der Waals surface area (Å²) < 4.78 is 1.56. The van der Waals surface area contributed by atoms with Gasteiger partial charge < -0.3 is 9.80 Å². The van der Waals surface area contributed by atoms with Gasteiger partial charge in [-0.1, -0.05) is 13.3 Å². The van der Waals surface area contributed by atoms with Gasteiger partial charge in [0.05, 0.1) is 0 Å². The number of pyridine rings is 1. The first-order valence-electron chi connectivity index (χ1n) is 10.0. The van der Waals surface area contributed by atoms with Crippen molar-refractivity contribution < 1.29 is 9.59 Å². The Morgan fingerprint density at radius 3 is 2.54 bits per heavy atom. The second-order valence-electron chi connectivity index (χ2n) is 7.51. The SMILES string of the molecule is CCCCn1c(=O)c(C(=O)N2CCN(C(=O)C3CC3)CC2)nc2cccnc21. The van der Waals surface area contributed by atoms with Gasteiger partial charge in [0.1, 0.15) is 5.52 Å². The summed E-state index contributed by atoms with van der Waals surface area (Å²) in [4.78, 5) is 50.3. The van der Waals surface area contributed by atoms with Crippen molar-refractivity contribution >= 4 is 23.0 Å². The number of nitrogens with zero attached hydrogens (tertiary/aromatic N) is 5. The largest absolute Gasteiger partial charge is 0.339 e. The van der Waals surface area contributed by atoms with Crippen LogP contribution in [-0.4, -0.2) is 62.3 Å². The predicted octanol–water partition coefficient (Wildman–Crippen LogP) is 1.29. The zero-order valence-electron chi connectivity index (χ0n) is 16.1. The van der Waals surface area contributed by atoms with E-state index in [4.69, 9.17) is 0 Å². The third-order valence-corrected chi connectivity index (χ3v) is 5.44. The second-order valence-corrected chi connectivity index (χ2v) is 7.51. The van der Waals surface area contributed by atoms with Gasteiger partial charge >= 0.3 is 0 Å². The van der Waals surface area contributed by atoms with Crippen LogP contribution in [0.5, 0.6) is 0 Å². The maximum atomic E-state index is 13.0. The van der Waals surface area contributed by atoms with E-state index in [1.165, 1.54) is 0 Å². The normalized spacial score (nSPS) is 17.2. The number of piperazine rings is 1. The third-order valence-electron chi connectivity index (χ3n) is 5.44. The fraction of sp³-hybridized carbons (Fsp3) is 0.550. The molecule has 1 aliphatic heterocycles. The lowest BCUT2D eigenvalue weighted by Gasteiger charge is -2.34. The number of carbonyl (C=O) groups excluding carboxylic acids is 2. The molecule has 0 N–H and O–H groups in total. The van der Waals surface area contributed by atoms with E-state index < -0.39 is 0 Å². The van der Waals surface area contributed by atoms with E-state index in [2.05, 4.69) is 16.9 Å². The topological polar surface area (TPSA) is 88.4 Å². The zero-order valence-corrected chi connectivity index (χ0v) is 16.1. The minimum absolute atomic E-state index is 0.0569. The molecule has 28 heavy (non-hydrogen) atoms. The zero-order chi connectivity index (χ0) is 19.7. The highest BCUT2D eigenvalue weighted by Gasteiger charge is 2.35. The molecule has 2 amide bonds. The summed E-state index contributed by atoms with van der Waals surface area (Å²) in [7, 11) is 0. The molecule has 0 atom stereocenters. The summed E-state index contributed by atoms with van der Waals surface area (Å²) >= 11 is 0. The Hall–Kier alpha value is -2.77. The third kappa shape index (κ3) is 3.50. The van der Waals surface area contributed by atoms with E-state index in [0.29, 0.717) is 43.9 Å². The molecule has 0 aromatic carbocycles. The number of unbranched alkanes of at least 4 members (excludes halogenated alkanes) is 1. The minimum atomic E-state index is -0.388. The first kappa shape index (κ1) is 18.6. The lowest BCUT2D eigenvalue weighted by Crippen LogP contribution is -2.52. The van der Waals surface area contributed by atoms with Crippen molar-refractivity contribution in [2.75, 3.05) is 26.2 Å². The molecule has 0 unspecified atom stereocenters. The predicted molar refractivity (Wildman–Crippen MR) is 104 cm³/mol. The Morgan fingerprint density at radius 2 is 1.86 bits per heavy atom. The number of fused-ring (bicyclic) bond motifs is 1. The summed E-state index contributed by atoms with van der Waals surface area (Å²) in [5, 5.41) is 0. The molecule has 1 saturated heterocycles. The van der Waals surface area contributed by atoms with Crippen molar-refractivity contribution in [3.8, 4) is 0 Å². The Labute approximate surface area is 163 Å². The number of carbonyl (C=O) groups is 2. The molecule has 8 heteroatoms. The van der Waals surface area contributed by atoms with Crippen LogP contribution in [0.25, 0.3) is 11.2 Å². The van der Waals surface area contributed by atoms with Crippen LogP contribution in [0, 0.1) is 5.92 Å². The van der Waals surface area contributed by atoms with Crippen molar-refractivity contribution in [3.05, 3.63) is 34.4 Å². The minimum Gasteiger partial charge on any atom is -0.339 e. The molecule has 3 heterocycles. The Morgan fingerprint density at radius 1 is 1.14 bits per heavy atom. The highest BCUT2D eigenvalue weighted by atomic mass is 16.2. The average molecular weight is 383 g/mol. The standard InChI is InChI=1S/C20H25N5O3/c1-2-3-9-25-17-15(5-4-8-21-17)22-16(20(25)28)19(27)24-12-10-23(11-13-24)18(26)14-6-7-14/h4-5,8,14H,2-3,6-7,9-13H2,1H3. The Kier molecular flexibility index (Phi) is 5.11. The molecule has 4 rings (SSSR count). The van der Waals surface area contributed by atoms with E-state index in [1.54, 1.807) is 27.8 Å². The van der Waals surface area contributed by atoms with Gasteiger partial charge in [-0.2, -0.15) is 0 Å². The van der Waals surface area contributed by atoms with Gasteiger partial charge in [-0.3, -0.25) is 19.0 Å². The van der Waals surface area contributed by atoms with Crippen molar-refractivity contribution in [1.29, 1.82) is 0 Å². The molecule has 0 bridgehead atoms.